The number of benzene rings is 1. The van der Waals surface area contributed by atoms with Crippen molar-refractivity contribution in [2.45, 2.75) is 16.0 Å². The van der Waals surface area contributed by atoms with Crippen molar-refractivity contribution in [2.24, 2.45) is 0 Å². The van der Waals surface area contributed by atoms with Gasteiger partial charge < -0.3 is 5.32 Å². The van der Waals surface area contributed by atoms with Crippen LogP contribution in [-0.4, -0.2) is 5.91 Å². The van der Waals surface area contributed by atoms with Gasteiger partial charge in [-0.3, -0.25) is 4.79 Å². The number of halogens is 3. The third-order valence-corrected chi connectivity index (χ3v) is 4.79. The maximum Gasteiger partial charge on any atom is 0.416 e. The quantitative estimate of drug-likeness (QED) is 0.777. The standard InChI is InChI=1S/C12H6F3NOS2/c13-12(14,15)6-1-2-8-7(5-6)16-11(17)10-9(19-8)3-4-18-10/h1-5H,(H,16,17). The van der Waals surface area contributed by atoms with Crippen LogP contribution in [0.25, 0.3) is 0 Å². The summed E-state index contributed by atoms with van der Waals surface area (Å²) in [6.07, 6.45) is -4.42. The number of hydrogen-bond acceptors (Lipinski definition) is 3. The Morgan fingerprint density at radius 2 is 1.89 bits per heavy atom. The van der Waals surface area contributed by atoms with Crippen LogP contribution < -0.4 is 5.32 Å². The first-order chi connectivity index (χ1) is 8.95. The van der Waals surface area contributed by atoms with Gasteiger partial charge in [0.05, 0.1) is 11.3 Å². The maximum absolute atomic E-state index is 12.6. The Balaban J connectivity index is 2.08. The number of amides is 1. The van der Waals surface area contributed by atoms with Crippen LogP contribution in [0.2, 0.25) is 0 Å². The van der Waals surface area contributed by atoms with Crippen molar-refractivity contribution in [3.05, 3.63) is 40.1 Å². The summed E-state index contributed by atoms with van der Waals surface area (Å²) in [7, 11) is 0. The maximum atomic E-state index is 12.6. The molecule has 0 saturated carbocycles. The zero-order valence-electron chi connectivity index (χ0n) is 9.25. The molecule has 0 bridgehead atoms. The molecule has 19 heavy (non-hydrogen) atoms. The van der Waals surface area contributed by atoms with Gasteiger partial charge in [0.25, 0.3) is 5.91 Å². The molecule has 3 rings (SSSR count). The molecule has 0 radical (unpaired) electrons. The number of anilines is 1. The van der Waals surface area contributed by atoms with Crippen LogP contribution in [0.3, 0.4) is 0 Å². The van der Waals surface area contributed by atoms with Crippen LogP contribution in [0.4, 0.5) is 18.9 Å². The number of carbonyl (C=O) groups excluding carboxylic acids is 1. The lowest BCUT2D eigenvalue weighted by molar-refractivity contribution is -0.137. The summed E-state index contributed by atoms with van der Waals surface area (Å²) >= 11 is 2.56. The van der Waals surface area contributed by atoms with Crippen molar-refractivity contribution in [3.63, 3.8) is 0 Å². The van der Waals surface area contributed by atoms with Gasteiger partial charge in [-0.15, -0.1) is 11.3 Å². The number of hydrogen-bond donors (Lipinski definition) is 1. The molecule has 0 saturated heterocycles. The third kappa shape index (κ3) is 2.23. The summed E-state index contributed by atoms with van der Waals surface area (Å²) in [4.78, 5) is 13.8. The molecule has 0 atom stereocenters. The average molecular weight is 301 g/mol. The molecule has 1 amide bonds. The predicted molar refractivity (Wildman–Crippen MR) is 67.8 cm³/mol. The minimum atomic E-state index is -4.42. The van der Waals surface area contributed by atoms with Gasteiger partial charge in [-0.1, -0.05) is 11.8 Å². The first-order valence-corrected chi connectivity index (χ1v) is 6.93. The van der Waals surface area contributed by atoms with E-state index >= 15 is 0 Å². The van der Waals surface area contributed by atoms with Crippen molar-refractivity contribution in [3.8, 4) is 0 Å². The first kappa shape index (κ1) is 12.6. The summed E-state index contributed by atoms with van der Waals surface area (Å²) in [6.45, 7) is 0. The predicted octanol–water partition coefficient (Wildman–Crippen LogP) is 4.48. The molecule has 0 fully saturated rings. The highest BCUT2D eigenvalue weighted by Gasteiger charge is 2.32. The molecular formula is C12H6F3NOS2. The van der Waals surface area contributed by atoms with Crippen molar-refractivity contribution in [2.75, 3.05) is 5.32 Å². The van der Waals surface area contributed by atoms with Gasteiger partial charge in [0, 0.05) is 9.79 Å². The van der Waals surface area contributed by atoms with E-state index in [0.717, 1.165) is 17.0 Å². The Kier molecular flexibility index (Phi) is 2.83. The van der Waals surface area contributed by atoms with Gasteiger partial charge in [0.15, 0.2) is 0 Å². The van der Waals surface area contributed by atoms with E-state index in [2.05, 4.69) is 5.32 Å². The van der Waals surface area contributed by atoms with E-state index in [1.54, 1.807) is 11.4 Å². The number of fused-ring (bicyclic) bond motifs is 2. The van der Waals surface area contributed by atoms with Crippen LogP contribution in [-0.2, 0) is 6.18 Å². The minimum Gasteiger partial charge on any atom is -0.320 e. The monoisotopic (exact) mass is 301 g/mol. The summed E-state index contributed by atoms with van der Waals surface area (Å²) in [5.74, 6) is -0.365. The lowest BCUT2D eigenvalue weighted by atomic mass is 10.2. The molecule has 1 aromatic heterocycles. The van der Waals surface area contributed by atoms with E-state index in [4.69, 9.17) is 0 Å². The second-order valence-corrected chi connectivity index (χ2v) is 5.88. The second-order valence-electron chi connectivity index (χ2n) is 3.88. The highest BCUT2D eigenvalue weighted by atomic mass is 32.2. The SMILES string of the molecule is O=C1Nc2cc(C(F)(F)F)ccc2Sc2ccsc21. The van der Waals surface area contributed by atoms with Crippen LogP contribution >= 0.6 is 23.1 Å². The van der Waals surface area contributed by atoms with Crippen molar-refractivity contribution < 1.29 is 18.0 Å². The molecule has 0 unspecified atom stereocenters. The molecule has 2 heterocycles. The van der Waals surface area contributed by atoms with Gasteiger partial charge >= 0.3 is 6.18 Å². The highest BCUT2D eigenvalue weighted by Crippen LogP contribution is 2.42. The Bertz CT molecular complexity index is 663. The van der Waals surface area contributed by atoms with Crippen LogP contribution in [0.15, 0.2) is 39.4 Å². The molecular weight excluding hydrogens is 295 g/mol. The Hall–Kier alpha value is -1.47. The lowest BCUT2D eigenvalue weighted by Gasteiger charge is -2.11. The van der Waals surface area contributed by atoms with E-state index in [1.165, 1.54) is 29.2 Å². The lowest BCUT2D eigenvalue weighted by Crippen LogP contribution is -2.11. The zero-order valence-corrected chi connectivity index (χ0v) is 10.9. The number of nitrogens with one attached hydrogen (secondary N) is 1. The third-order valence-electron chi connectivity index (χ3n) is 2.61. The van der Waals surface area contributed by atoms with E-state index in [-0.39, 0.29) is 11.6 Å². The normalized spacial score (nSPS) is 14.4. The molecule has 2 nitrogen and oxygen atoms in total. The largest absolute Gasteiger partial charge is 0.416 e. The van der Waals surface area contributed by atoms with E-state index < -0.39 is 11.7 Å². The molecule has 1 N–H and O–H groups in total. The molecule has 0 spiro atoms. The van der Waals surface area contributed by atoms with Gasteiger partial charge in [0.1, 0.15) is 4.88 Å². The summed E-state index contributed by atoms with van der Waals surface area (Å²) in [5, 5.41) is 4.31. The molecule has 1 aromatic carbocycles. The fourth-order valence-electron chi connectivity index (χ4n) is 1.73. The van der Waals surface area contributed by atoms with Crippen LogP contribution in [0.5, 0.6) is 0 Å². The van der Waals surface area contributed by atoms with E-state index in [0.29, 0.717) is 9.77 Å². The second kappa shape index (κ2) is 4.28. The van der Waals surface area contributed by atoms with Crippen molar-refractivity contribution >= 4 is 34.7 Å². The topological polar surface area (TPSA) is 29.1 Å². The van der Waals surface area contributed by atoms with Crippen molar-refractivity contribution in [1.82, 2.24) is 0 Å². The molecule has 7 heteroatoms. The minimum absolute atomic E-state index is 0.202. The Labute approximate surface area is 114 Å². The summed E-state index contributed by atoms with van der Waals surface area (Å²) in [5.41, 5.74) is -0.564. The fraction of sp³-hybridized carbons (Fsp3) is 0.0833. The van der Waals surface area contributed by atoms with Crippen LogP contribution in [0, 0.1) is 0 Å². The number of alkyl halides is 3. The number of rotatable bonds is 0. The number of carbonyl (C=O) groups is 1. The molecule has 0 aliphatic carbocycles. The number of thiophene rings is 1. The van der Waals surface area contributed by atoms with Gasteiger partial charge in [0.2, 0.25) is 0 Å². The van der Waals surface area contributed by atoms with Gasteiger partial charge in [-0.05, 0) is 29.6 Å². The molecule has 98 valence electrons. The zero-order chi connectivity index (χ0) is 13.6. The van der Waals surface area contributed by atoms with Gasteiger partial charge in [-0.2, -0.15) is 13.2 Å². The first-order valence-electron chi connectivity index (χ1n) is 5.23. The average Bonchev–Trinajstić information content (AvgIpc) is 2.73. The van der Waals surface area contributed by atoms with Crippen molar-refractivity contribution in [1.29, 1.82) is 0 Å². The molecule has 1 aliphatic rings. The molecule has 1 aliphatic heterocycles. The van der Waals surface area contributed by atoms with Crippen LogP contribution in [0.1, 0.15) is 15.2 Å². The smallest absolute Gasteiger partial charge is 0.320 e. The molecule has 2 aromatic rings. The summed E-state index contributed by atoms with van der Waals surface area (Å²) < 4.78 is 37.9. The fourth-order valence-corrected chi connectivity index (χ4v) is 3.69. The highest BCUT2D eigenvalue weighted by molar-refractivity contribution is 7.99. The Morgan fingerprint density at radius 3 is 2.63 bits per heavy atom. The van der Waals surface area contributed by atoms with Gasteiger partial charge in [-0.25, -0.2) is 0 Å². The Morgan fingerprint density at radius 1 is 1.11 bits per heavy atom. The van der Waals surface area contributed by atoms with E-state index in [9.17, 15) is 18.0 Å². The summed E-state index contributed by atoms with van der Waals surface area (Å²) in [6, 6.07) is 5.17. The van der Waals surface area contributed by atoms with E-state index in [1.807, 2.05) is 0 Å².